The van der Waals surface area contributed by atoms with Gasteiger partial charge in [-0.3, -0.25) is 4.79 Å². The fourth-order valence-corrected chi connectivity index (χ4v) is 1.10. The van der Waals surface area contributed by atoms with Crippen LogP contribution in [-0.2, 0) is 4.79 Å². The van der Waals surface area contributed by atoms with Gasteiger partial charge >= 0.3 is 0 Å². The first-order valence-corrected chi connectivity index (χ1v) is 5.10. The number of benzene rings is 1. The van der Waals surface area contributed by atoms with Gasteiger partial charge in [-0.2, -0.15) is 0 Å². The van der Waals surface area contributed by atoms with Crippen LogP contribution in [0.1, 0.15) is 20.8 Å². The molecule has 1 aromatic carbocycles. The third kappa shape index (κ3) is 4.79. The minimum absolute atomic E-state index is 0.106. The Morgan fingerprint density at radius 1 is 1.38 bits per heavy atom. The fraction of sp³-hybridized carbons (Fsp3) is 0.417. The van der Waals surface area contributed by atoms with Crippen molar-refractivity contribution in [3.05, 3.63) is 24.3 Å². The molecule has 0 saturated heterocycles. The molecule has 16 heavy (non-hydrogen) atoms. The Morgan fingerprint density at radius 3 is 2.38 bits per heavy atom. The predicted octanol–water partition coefficient (Wildman–Crippen LogP) is 1.79. The Balaban J connectivity index is 2.55. The number of aliphatic hydroxyl groups is 1. The van der Waals surface area contributed by atoms with Crippen molar-refractivity contribution in [2.75, 3.05) is 11.9 Å². The normalized spacial score (nSPS) is 11.0. The maximum atomic E-state index is 10.8. The second-order valence-corrected chi connectivity index (χ2v) is 4.31. The lowest BCUT2D eigenvalue weighted by Crippen LogP contribution is -2.27. The molecule has 0 aliphatic carbocycles. The SMILES string of the molecule is CC(=O)Nc1ccc(OCC(C)(C)O)cc1. The molecule has 0 unspecified atom stereocenters. The van der Waals surface area contributed by atoms with E-state index in [9.17, 15) is 9.90 Å². The Labute approximate surface area is 95.2 Å². The summed E-state index contributed by atoms with van der Waals surface area (Å²) < 4.78 is 5.37. The third-order valence-electron chi connectivity index (χ3n) is 1.77. The number of nitrogens with one attached hydrogen (secondary N) is 1. The molecular weight excluding hydrogens is 206 g/mol. The summed E-state index contributed by atoms with van der Waals surface area (Å²) in [6.45, 7) is 5.04. The Morgan fingerprint density at radius 2 is 1.94 bits per heavy atom. The van der Waals surface area contributed by atoms with E-state index in [0.717, 1.165) is 5.69 Å². The molecule has 0 aliphatic rings. The van der Waals surface area contributed by atoms with E-state index in [0.29, 0.717) is 5.75 Å². The second kappa shape index (κ2) is 4.99. The van der Waals surface area contributed by atoms with Crippen molar-refractivity contribution in [2.24, 2.45) is 0 Å². The van der Waals surface area contributed by atoms with E-state index in [1.807, 2.05) is 0 Å². The van der Waals surface area contributed by atoms with Crippen molar-refractivity contribution in [2.45, 2.75) is 26.4 Å². The van der Waals surface area contributed by atoms with E-state index in [2.05, 4.69) is 5.32 Å². The molecule has 0 saturated carbocycles. The smallest absolute Gasteiger partial charge is 0.221 e. The number of hydrogen-bond acceptors (Lipinski definition) is 3. The average molecular weight is 223 g/mol. The molecule has 0 atom stereocenters. The van der Waals surface area contributed by atoms with Crippen LogP contribution in [0.2, 0.25) is 0 Å². The highest BCUT2D eigenvalue weighted by molar-refractivity contribution is 5.88. The summed E-state index contributed by atoms with van der Waals surface area (Å²) in [5.41, 5.74) is -0.126. The highest BCUT2D eigenvalue weighted by atomic mass is 16.5. The molecule has 0 fully saturated rings. The maximum Gasteiger partial charge on any atom is 0.221 e. The fourth-order valence-electron chi connectivity index (χ4n) is 1.10. The molecule has 1 amide bonds. The van der Waals surface area contributed by atoms with Gasteiger partial charge in [-0.15, -0.1) is 0 Å². The van der Waals surface area contributed by atoms with Crippen molar-refractivity contribution < 1.29 is 14.6 Å². The minimum atomic E-state index is -0.851. The summed E-state index contributed by atoms with van der Waals surface area (Å²) in [7, 11) is 0. The van der Waals surface area contributed by atoms with Crippen LogP contribution in [0.3, 0.4) is 0 Å². The molecule has 2 N–H and O–H groups in total. The van der Waals surface area contributed by atoms with Gasteiger partial charge in [0, 0.05) is 12.6 Å². The molecule has 1 rings (SSSR count). The monoisotopic (exact) mass is 223 g/mol. The molecule has 4 nitrogen and oxygen atoms in total. The van der Waals surface area contributed by atoms with Crippen LogP contribution >= 0.6 is 0 Å². The molecule has 4 heteroatoms. The lowest BCUT2D eigenvalue weighted by Gasteiger charge is -2.17. The van der Waals surface area contributed by atoms with Gasteiger partial charge in [-0.25, -0.2) is 0 Å². The van der Waals surface area contributed by atoms with Crippen molar-refractivity contribution in [1.29, 1.82) is 0 Å². The van der Waals surface area contributed by atoms with Gasteiger partial charge in [-0.05, 0) is 38.1 Å². The van der Waals surface area contributed by atoms with Gasteiger partial charge in [-0.1, -0.05) is 0 Å². The van der Waals surface area contributed by atoms with Gasteiger partial charge in [0.25, 0.3) is 0 Å². The number of amides is 1. The minimum Gasteiger partial charge on any atom is -0.491 e. The lowest BCUT2D eigenvalue weighted by molar-refractivity contribution is -0.114. The summed E-state index contributed by atoms with van der Waals surface area (Å²) >= 11 is 0. The van der Waals surface area contributed by atoms with Crippen LogP contribution < -0.4 is 10.1 Å². The van der Waals surface area contributed by atoms with Crippen LogP contribution in [0.4, 0.5) is 5.69 Å². The number of hydrogen-bond donors (Lipinski definition) is 2. The molecular formula is C12H17NO3. The lowest BCUT2D eigenvalue weighted by atomic mass is 10.2. The summed E-state index contributed by atoms with van der Waals surface area (Å²) in [6.07, 6.45) is 0. The maximum absolute atomic E-state index is 10.8. The first kappa shape index (κ1) is 12.5. The summed E-state index contributed by atoms with van der Waals surface area (Å²) in [5.74, 6) is 0.557. The Bertz CT molecular complexity index is 352. The van der Waals surface area contributed by atoms with Crippen LogP contribution in [-0.4, -0.2) is 23.2 Å². The molecule has 0 spiro atoms. The predicted molar refractivity (Wildman–Crippen MR) is 62.5 cm³/mol. The second-order valence-electron chi connectivity index (χ2n) is 4.31. The zero-order valence-corrected chi connectivity index (χ0v) is 9.78. The van der Waals surface area contributed by atoms with Gasteiger partial charge in [0.1, 0.15) is 12.4 Å². The number of ether oxygens (including phenoxy) is 1. The molecule has 0 heterocycles. The molecule has 88 valence electrons. The van der Waals surface area contributed by atoms with Crippen LogP contribution in [0.15, 0.2) is 24.3 Å². The first-order chi connectivity index (χ1) is 7.37. The Hall–Kier alpha value is -1.55. The van der Waals surface area contributed by atoms with Crippen molar-refractivity contribution in [1.82, 2.24) is 0 Å². The number of anilines is 1. The van der Waals surface area contributed by atoms with Gasteiger partial charge in [0.2, 0.25) is 5.91 Å². The molecule has 0 radical (unpaired) electrons. The van der Waals surface area contributed by atoms with Gasteiger partial charge in [0.05, 0.1) is 5.60 Å². The highest BCUT2D eigenvalue weighted by Crippen LogP contribution is 2.16. The quantitative estimate of drug-likeness (QED) is 0.818. The van der Waals surface area contributed by atoms with E-state index in [4.69, 9.17) is 4.74 Å². The zero-order chi connectivity index (χ0) is 12.2. The molecule has 0 aromatic heterocycles. The number of carbonyl (C=O) groups is 1. The number of carbonyl (C=O) groups excluding carboxylic acids is 1. The van der Waals surface area contributed by atoms with Crippen LogP contribution in [0.5, 0.6) is 5.75 Å². The molecule has 1 aromatic rings. The Kier molecular flexibility index (Phi) is 3.90. The van der Waals surface area contributed by atoms with Crippen LogP contribution in [0.25, 0.3) is 0 Å². The van der Waals surface area contributed by atoms with Gasteiger partial charge in [0.15, 0.2) is 0 Å². The highest BCUT2D eigenvalue weighted by Gasteiger charge is 2.13. The summed E-state index contributed by atoms with van der Waals surface area (Å²) in [4.78, 5) is 10.8. The summed E-state index contributed by atoms with van der Waals surface area (Å²) in [6, 6.07) is 7.00. The van der Waals surface area contributed by atoms with E-state index in [-0.39, 0.29) is 12.5 Å². The van der Waals surface area contributed by atoms with Crippen molar-refractivity contribution in [3.63, 3.8) is 0 Å². The third-order valence-corrected chi connectivity index (χ3v) is 1.77. The average Bonchev–Trinajstić information content (AvgIpc) is 2.14. The van der Waals surface area contributed by atoms with E-state index < -0.39 is 5.60 Å². The molecule has 0 bridgehead atoms. The largest absolute Gasteiger partial charge is 0.491 e. The van der Waals surface area contributed by atoms with Crippen molar-refractivity contribution in [3.8, 4) is 5.75 Å². The molecule has 0 aliphatic heterocycles. The first-order valence-electron chi connectivity index (χ1n) is 5.10. The van der Waals surface area contributed by atoms with Gasteiger partial charge < -0.3 is 15.2 Å². The summed E-state index contributed by atoms with van der Waals surface area (Å²) in [5, 5.41) is 12.1. The topological polar surface area (TPSA) is 58.6 Å². The standard InChI is InChI=1S/C12H17NO3/c1-9(14)13-10-4-6-11(7-5-10)16-8-12(2,3)15/h4-7,15H,8H2,1-3H3,(H,13,14). The zero-order valence-electron chi connectivity index (χ0n) is 9.78. The van der Waals surface area contributed by atoms with E-state index >= 15 is 0 Å². The number of rotatable bonds is 4. The van der Waals surface area contributed by atoms with Crippen LogP contribution in [0, 0.1) is 0 Å². The van der Waals surface area contributed by atoms with E-state index in [1.165, 1.54) is 6.92 Å². The van der Waals surface area contributed by atoms with E-state index in [1.54, 1.807) is 38.1 Å². The van der Waals surface area contributed by atoms with Crippen molar-refractivity contribution >= 4 is 11.6 Å².